The van der Waals surface area contributed by atoms with E-state index in [4.69, 9.17) is 9.47 Å². The van der Waals surface area contributed by atoms with Gasteiger partial charge in [-0.25, -0.2) is 4.79 Å². The van der Waals surface area contributed by atoms with E-state index < -0.39 is 0 Å². The third-order valence-electron chi connectivity index (χ3n) is 5.83. The van der Waals surface area contributed by atoms with Crippen LogP contribution < -0.4 is 4.74 Å². The molecular weight excluding hydrogens is 412 g/mol. The van der Waals surface area contributed by atoms with E-state index in [2.05, 4.69) is 53.7 Å². The molecule has 0 radical (unpaired) electrons. The lowest BCUT2D eigenvalue weighted by atomic mass is 9.76. The number of ether oxygens (including phenoxy) is 2. The molecular formula is C29H40O4. The van der Waals surface area contributed by atoms with Gasteiger partial charge in [0, 0.05) is 30.1 Å². The molecule has 2 aromatic rings. The normalized spacial score (nSPS) is 12.9. The lowest BCUT2D eigenvalue weighted by Crippen LogP contribution is -2.23. The molecule has 2 aromatic carbocycles. The van der Waals surface area contributed by atoms with Crippen molar-refractivity contribution in [1.29, 1.82) is 0 Å². The van der Waals surface area contributed by atoms with Crippen molar-refractivity contribution in [3.8, 4) is 5.75 Å². The summed E-state index contributed by atoms with van der Waals surface area (Å²) < 4.78 is 12.0. The lowest BCUT2D eigenvalue weighted by Gasteiger charge is -2.31. The molecule has 2 rings (SSSR count). The number of hydrogen-bond acceptors (Lipinski definition) is 4. The molecule has 0 saturated carbocycles. The molecule has 0 aliphatic rings. The van der Waals surface area contributed by atoms with E-state index in [9.17, 15) is 9.59 Å². The minimum atomic E-state index is -0.367. The van der Waals surface area contributed by atoms with Crippen molar-refractivity contribution in [2.45, 2.75) is 84.5 Å². The molecule has 0 bridgehead atoms. The van der Waals surface area contributed by atoms with Crippen molar-refractivity contribution >= 4 is 12.3 Å². The predicted octanol–water partition coefficient (Wildman–Crippen LogP) is 6.99. The molecule has 0 aliphatic heterocycles. The van der Waals surface area contributed by atoms with Crippen LogP contribution in [0.5, 0.6) is 5.75 Å². The fourth-order valence-electron chi connectivity index (χ4n) is 3.82. The van der Waals surface area contributed by atoms with Crippen molar-refractivity contribution in [2.24, 2.45) is 0 Å². The summed E-state index contributed by atoms with van der Waals surface area (Å²) in [5.74, 6) is 0.279. The third-order valence-corrected chi connectivity index (χ3v) is 5.83. The van der Waals surface area contributed by atoms with Crippen molar-refractivity contribution in [3.05, 3.63) is 64.7 Å². The zero-order valence-corrected chi connectivity index (χ0v) is 21.4. The summed E-state index contributed by atoms with van der Waals surface area (Å²) in [4.78, 5) is 24.1. The van der Waals surface area contributed by atoms with Crippen LogP contribution in [0.4, 0.5) is 0 Å². The van der Waals surface area contributed by atoms with Crippen molar-refractivity contribution in [3.63, 3.8) is 0 Å². The summed E-state index contributed by atoms with van der Waals surface area (Å²) in [7, 11) is 0. The number of rotatable bonds is 10. The SMILES string of the molecule is CCOCC(CCCC=O)c1cc(C(C)(C)C)cc(C(C)(C)C)c1OC(=O)c1ccccc1. The van der Waals surface area contributed by atoms with Crippen LogP contribution in [-0.4, -0.2) is 25.5 Å². The van der Waals surface area contributed by atoms with Crippen LogP contribution >= 0.6 is 0 Å². The Labute approximate surface area is 199 Å². The number of hydrogen-bond donors (Lipinski definition) is 0. The summed E-state index contributed by atoms with van der Waals surface area (Å²) >= 11 is 0. The van der Waals surface area contributed by atoms with Crippen LogP contribution in [0.3, 0.4) is 0 Å². The predicted molar refractivity (Wildman–Crippen MR) is 134 cm³/mol. The van der Waals surface area contributed by atoms with Crippen molar-refractivity contribution < 1.29 is 19.1 Å². The number of aldehydes is 1. The Morgan fingerprint density at radius 1 is 1.00 bits per heavy atom. The highest BCUT2D eigenvalue weighted by Gasteiger charge is 2.30. The summed E-state index contributed by atoms with van der Waals surface area (Å²) in [6, 6.07) is 13.4. The topological polar surface area (TPSA) is 52.6 Å². The molecule has 4 heteroatoms. The van der Waals surface area contributed by atoms with Gasteiger partial charge in [-0.2, -0.15) is 0 Å². The minimum absolute atomic E-state index is 0.0203. The van der Waals surface area contributed by atoms with Gasteiger partial charge in [-0.1, -0.05) is 71.9 Å². The number of esters is 1. The minimum Gasteiger partial charge on any atom is -0.422 e. The van der Waals surface area contributed by atoms with Crippen LogP contribution in [0.2, 0.25) is 0 Å². The quantitative estimate of drug-likeness (QED) is 0.169. The van der Waals surface area contributed by atoms with Gasteiger partial charge in [0.1, 0.15) is 12.0 Å². The van der Waals surface area contributed by atoms with Gasteiger partial charge in [0.2, 0.25) is 0 Å². The zero-order chi connectivity index (χ0) is 24.6. The molecule has 0 aliphatic carbocycles. The molecule has 0 spiro atoms. The highest BCUT2D eigenvalue weighted by atomic mass is 16.5. The van der Waals surface area contributed by atoms with Crippen LogP contribution in [0.25, 0.3) is 0 Å². The fourth-order valence-corrected chi connectivity index (χ4v) is 3.82. The lowest BCUT2D eigenvalue weighted by molar-refractivity contribution is -0.108. The zero-order valence-electron chi connectivity index (χ0n) is 21.4. The van der Waals surface area contributed by atoms with E-state index in [0.29, 0.717) is 30.9 Å². The second-order valence-electron chi connectivity index (χ2n) is 10.7. The molecule has 33 heavy (non-hydrogen) atoms. The number of carbonyl (C=O) groups excluding carboxylic acids is 2. The second-order valence-corrected chi connectivity index (χ2v) is 10.7. The van der Waals surface area contributed by atoms with Gasteiger partial charge in [0.25, 0.3) is 0 Å². The highest BCUT2D eigenvalue weighted by Crippen LogP contribution is 2.42. The highest BCUT2D eigenvalue weighted by molar-refractivity contribution is 5.91. The second kappa shape index (κ2) is 11.6. The van der Waals surface area contributed by atoms with Gasteiger partial charge in [0.05, 0.1) is 12.2 Å². The van der Waals surface area contributed by atoms with Gasteiger partial charge in [-0.3, -0.25) is 0 Å². The van der Waals surface area contributed by atoms with E-state index in [-0.39, 0.29) is 22.7 Å². The average molecular weight is 453 g/mol. The Hall–Kier alpha value is -2.46. The van der Waals surface area contributed by atoms with E-state index in [1.165, 1.54) is 5.56 Å². The smallest absolute Gasteiger partial charge is 0.343 e. The molecule has 0 amide bonds. The number of unbranched alkanes of at least 4 members (excludes halogenated alkanes) is 1. The van der Waals surface area contributed by atoms with Crippen LogP contribution in [0, 0.1) is 0 Å². The van der Waals surface area contributed by atoms with Gasteiger partial charge >= 0.3 is 5.97 Å². The van der Waals surface area contributed by atoms with Gasteiger partial charge in [-0.05, 0) is 48.3 Å². The molecule has 4 nitrogen and oxygen atoms in total. The van der Waals surface area contributed by atoms with Crippen molar-refractivity contribution in [1.82, 2.24) is 0 Å². The van der Waals surface area contributed by atoms with Crippen LogP contribution in [0.15, 0.2) is 42.5 Å². The molecule has 0 saturated heterocycles. The standard InChI is InChI=1S/C29H40O4/c1-8-32-20-22(16-12-13-17-30)24-18-23(28(2,3)4)19-25(29(5,6)7)26(24)33-27(31)21-14-10-9-11-15-21/h9-11,14-15,17-19,22H,8,12-13,16,20H2,1-7H3. The van der Waals surface area contributed by atoms with Crippen LogP contribution in [0.1, 0.15) is 101 Å². The molecule has 0 fully saturated rings. The summed E-state index contributed by atoms with van der Waals surface area (Å²) in [6.45, 7) is 16.1. The maximum absolute atomic E-state index is 13.1. The largest absolute Gasteiger partial charge is 0.422 e. The van der Waals surface area contributed by atoms with Crippen LogP contribution in [-0.2, 0) is 20.4 Å². The van der Waals surface area contributed by atoms with E-state index >= 15 is 0 Å². The first-order valence-electron chi connectivity index (χ1n) is 12.0. The fraction of sp³-hybridized carbons (Fsp3) is 0.517. The Morgan fingerprint density at radius 2 is 1.67 bits per heavy atom. The Bertz CT molecular complexity index is 917. The van der Waals surface area contributed by atoms with Crippen molar-refractivity contribution in [2.75, 3.05) is 13.2 Å². The molecule has 180 valence electrons. The summed E-state index contributed by atoms with van der Waals surface area (Å²) in [5, 5.41) is 0. The first-order chi connectivity index (χ1) is 15.5. The van der Waals surface area contributed by atoms with Gasteiger partial charge < -0.3 is 14.3 Å². The summed E-state index contributed by atoms with van der Waals surface area (Å²) in [5.41, 5.74) is 3.39. The van der Waals surface area contributed by atoms with E-state index in [1.807, 2.05) is 25.1 Å². The first-order valence-corrected chi connectivity index (χ1v) is 12.0. The Kier molecular flexibility index (Phi) is 9.42. The molecule has 0 N–H and O–H groups in total. The van der Waals surface area contributed by atoms with E-state index in [0.717, 1.165) is 30.3 Å². The maximum Gasteiger partial charge on any atom is 0.343 e. The summed E-state index contributed by atoms with van der Waals surface area (Å²) in [6.07, 6.45) is 3.01. The monoisotopic (exact) mass is 452 g/mol. The average Bonchev–Trinajstić information content (AvgIpc) is 2.75. The van der Waals surface area contributed by atoms with E-state index in [1.54, 1.807) is 12.1 Å². The number of carbonyl (C=O) groups is 2. The molecule has 1 atom stereocenters. The first kappa shape index (κ1) is 26.8. The van der Waals surface area contributed by atoms with Gasteiger partial charge in [-0.15, -0.1) is 0 Å². The molecule has 0 aromatic heterocycles. The van der Waals surface area contributed by atoms with Gasteiger partial charge in [0.15, 0.2) is 0 Å². The maximum atomic E-state index is 13.1. The molecule has 1 unspecified atom stereocenters. The number of benzene rings is 2. The third kappa shape index (κ3) is 7.53. The Morgan fingerprint density at radius 3 is 2.21 bits per heavy atom. The Balaban J connectivity index is 2.70. The molecule has 0 heterocycles.